The van der Waals surface area contributed by atoms with Crippen LogP contribution in [0.1, 0.15) is 36.0 Å². The van der Waals surface area contributed by atoms with Gasteiger partial charge in [0.2, 0.25) is 16.2 Å². The Morgan fingerprint density at radius 2 is 1.77 bits per heavy atom. The van der Waals surface area contributed by atoms with Crippen LogP contribution < -0.4 is 10.9 Å². The van der Waals surface area contributed by atoms with Crippen molar-refractivity contribution in [3.05, 3.63) is 65.2 Å². The number of aliphatic imine (C=N–C) groups is 1. The highest BCUT2D eigenvalue weighted by Gasteiger charge is 2.16. The van der Waals surface area contributed by atoms with Crippen LogP contribution in [0.3, 0.4) is 0 Å². The lowest BCUT2D eigenvalue weighted by atomic mass is 10.0. The maximum atomic E-state index is 10.1. The molecule has 2 aromatic carbocycles. The second kappa shape index (κ2) is 10.8. The van der Waals surface area contributed by atoms with Crippen LogP contribution >= 0.6 is 23.1 Å². The van der Waals surface area contributed by atoms with Crippen LogP contribution in [0.5, 0.6) is 5.88 Å². The minimum atomic E-state index is -0.145. The molecule has 9 nitrogen and oxygen atoms in total. The predicted molar refractivity (Wildman–Crippen MR) is 145 cm³/mol. The number of benzene rings is 2. The van der Waals surface area contributed by atoms with E-state index in [1.165, 1.54) is 39.8 Å². The number of aryl methyl sites for hydroxylation is 2. The number of thiazole rings is 1. The SMILES string of the molecule is Cc1ccc(NNc2sc(N=NC3=N/C(=N/N=C4\CCCCc5ccccc54)SC3)nc2O)cc1. The maximum absolute atomic E-state index is 10.1. The van der Waals surface area contributed by atoms with Crippen LogP contribution in [0.2, 0.25) is 0 Å². The van der Waals surface area contributed by atoms with Gasteiger partial charge in [-0.1, -0.05) is 65.1 Å². The number of nitrogens with zero attached hydrogens (tertiary/aromatic N) is 6. The van der Waals surface area contributed by atoms with E-state index < -0.39 is 0 Å². The molecule has 178 valence electrons. The molecule has 5 rings (SSSR count). The fourth-order valence-electron chi connectivity index (χ4n) is 3.67. The van der Waals surface area contributed by atoms with E-state index in [4.69, 9.17) is 0 Å². The summed E-state index contributed by atoms with van der Waals surface area (Å²) in [6.07, 6.45) is 4.26. The van der Waals surface area contributed by atoms with Gasteiger partial charge in [0.05, 0.1) is 17.2 Å². The van der Waals surface area contributed by atoms with Crippen molar-refractivity contribution in [2.24, 2.45) is 25.4 Å². The van der Waals surface area contributed by atoms with Gasteiger partial charge in [0.25, 0.3) is 0 Å². The lowest BCUT2D eigenvalue weighted by molar-refractivity contribution is 0.459. The lowest BCUT2D eigenvalue weighted by Gasteiger charge is -2.07. The van der Waals surface area contributed by atoms with Gasteiger partial charge in [0.15, 0.2) is 10.8 Å². The normalized spacial score (nSPS) is 18.0. The third-order valence-corrected chi connectivity index (χ3v) is 7.15. The maximum Gasteiger partial charge on any atom is 0.250 e. The second-order valence-electron chi connectivity index (χ2n) is 8.08. The van der Waals surface area contributed by atoms with Crippen molar-refractivity contribution >= 4 is 55.6 Å². The molecule has 0 saturated carbocycles. The Bertz CT molecular complexity index is 1330. The van der Waals surface area contributed by atoms with Gasteiger partial charge in [-0.15, -0.1) is 15.3 Å². The molecule has 0 bridgehead atoms. The molecule has 1 aliphatic heterocycles. The Hall–Kier alpha value is -3.57. The molecule has 0 saturated heterocycles. The van der Waals surface area contributed by atoms with Gasteiger partial charge in [0, 0.05) is 5.56 Å². The van der Waals surface area contributed by atoms with Crippen molar-refractivity contribution < 1.29 is 5.11 Å². The average Bonchev–Trinajstić information content (AvgIpc) is 3.41. The monoisotopic (exact) mass is 504 g/mol. The number of nitrogens with one attached hydrogen (secondary N) is 2. The zero-order valence-electron chi connectivity index (χ0n) is 19.1. The molecular weight excluding hydrogens is 480 g/mol. The third kappa shape index (κ3) is 5.92. The molecule has 2 aliphatic rings. The quantitative estimate of drug-likeness (QED) is 0.214. The minimum absolute atomic E-state index is 0.145. The molecule has 0 spiro atoms. The van der Waals surface area contributed by atoms with Crippen molar-refractivity contribution in [2.45, 2.75) is 32.6 Å². The first-order valence-corrected chi connectivity index (χ1v) is 13.1. The zero-order valence-corrected chi connectivity index (χ0v) is 20.7. The largest absolute Gasteiger partial charge is 0.491 e. The van der Waals surface area contributed by atoms with Crippen molar-refractivity contribution in [3.63, 3.8) is 0 Å². The highest BCUT2D eigenvalue weighted by molar-refractivity contribution is 8.14. The molecule has 3 N–H and O–H groups in total. The van der Waals surface area contributed by atoms with E-state index in [1.807, 2.05) is 37.3 Å². The number of fused-ring (bicyclic) bond motifs is 1. The fraction of sp³-hybridized carbons (Fsp3) is 0.250. The number of anilines is 2. The second-order valence-corrected chi connectivity index (χ2v) is 10.00. The molecule has 3 aromatic rings. The molecule has 11 heteroatoms. The zero-order chi connectivity index (χ0) is 24.0. The number of thioether (sulfide) groups is 1. The predicted octanol–water partition coefficient (Wildman–Crippen LogP) is 6.31. The number of azo groups is 1. The molecule has 35 heavy (non-hydrogen) atoms. The van der Waals surface area contributed by atoms with Crippen LogP contribution in [0.25, 0.3) is 0 Å². The first kappa shape index (κ1) is 23.2. The van der Waals surface area contributed by atoms with E-state index in [-0.39, 0.29) is 5.88 Å². The van der Waals surface area contributed by atoms with E-state index in [9.17, 15) is 5.11 Å². The van der Waals surface area contributed by atoms with Crippen LogP contribution in [0.4, 0.5) is 15.8 Å². The van der Waals surface area contributed by atoms with Crippen LogP contribution in [0.15, 0.2) is 74.0 Å². The van der Waals surface area contributed by atoms with E-state index in [2.05, 4.69) is 59.5 Å². The summed E-state index contributed by atoms with van der Waals surface area (Å²) in [4.78, 5) is 8.47. The first-order chi connectivity index (χ1) is 17.1. The summed E-state index contributed by atoms with van der Waals surface area (Å²) in [7, 11) is 0. The van der Waals surface area contributed by atoms with Crippen molar-refractivity contribution in [1.82, 2.24) is 4.98 Å². The summed E-state index contributed by atoms with van der Waals surface area (Å²) in [5.74, 6) is 0.951. The number of hydrazine groups is 1. The summed E-state index contributed by atoms with van der Waals surface area (Å²) in [6, 6.07) is 16.3. The molecule has 1 aromatic heterocycles. The number of hydrogen-bond donors (Lipinski definition) is 3. The summed E-state index contributed by atoms with van der Waals surface area (Å²) in [5.41, 5.74) is 11.5. The molecule has 0 radical (unpaired) electrons. The van der Waals surface area contributed by atoms with Crippen LogP contribution in [-0.2, 0) is 6.42 Å². The lowest BCUT2D eigenvalue weighted by Crippen LogP contribution is -2.07. The van der Waals surface area contributed by atoms with Gasteiger partial charge in [-0.3, -0.25) is 5.43 Å². The van der Waals surface area contributed by atoms with Crippen molar-refractivity contribution in [1.29, 1.82) is 0 Å². The van der Waals surface area contributed by atoms with Gasteiger partial charge >= 0.3 is 0 Å². The Labute approximate surface area is 211 Å². The number of rotatable bonds is 5. The van der Waals surface area contributed by atoms with E-state index >= 15 is 0 Å². The summed E-state index contributed by atoms with van der Waals surface area (Å²) >= 11 is 2.65. The van der Waals surface area contributed by atoms with Crippen LogP contribution in [-0.4, -0.2) is 32.6 Å². The highest BCUT2D eigenvalue weighted by Crippen LogP contribution is 2.35. The fourth-order valence-corrected chi connectivity index (χ4v) is 4.95. The van der Waals surface area contributed by atoms with E-state index in [0.29, 0.717) is 26.9 Å². The Morgan fingerprint density at radius 3 is 2.66 bits per heavy atom. The molecular formula is C24H24N8OS2. The van der Waals surface area contributed by atoms with Gasteiger partial charge in [-0.2, -0.15) is 10.1 Å². The number of amidine groups is 2. The topological polar surface area (TPSA) is 119 Å². The van der Waals surface area contributed by atoms with Crippen molar-refractivity contribution in [3.8, 4) is 5.88 Å². The summed E-state index contributed by atoms with van der Waals surface area (Å²) in [6.45, 7) is 2.02. The Morgan fingerprint density at radius 1 is 0.943 bits per heavy atom. The Balaban J connectivity index is 1.23. The smallest absolute Gasteiger partial charge is 0.250 e. The third-order valence-electron chi connectivity index (χ3n) is 5.47. The first-order valence-electron chi connectivity index (χ1n) is 11.3. The number of aromatic nitrogens is 1. The molecule has 2 heterocycles. The average molecular weight is 505 g/mol. The molecule has 0 amide bonds. The molecule has 0 unspecified atom stereocenters. The van der Waals surface area contributed by atoms with Crippen LogP contribution in [0, 0.1) is 6.92 Å². The van der Waals surface area contributed by atoms with Gasteiger partial charge in [0.1, 0.15) is 0 Å². The molecule has 1 aliphatic carbocycles. The van der Waals surface area contributed by atoms with Gasteiger partial charge in [-0.25, -0.2) is 4.99 Å². The number of aromatic hydroxyl groups is 1. The van der Waals surface area contributed by atoms with Gasteiger partial charge < -0.3 is 10.5 Å². The summed E-state index contributed by atoms with van der Waals surface area (Å²) < 4.78 is 0. The minimum Gasteiger partial charge on any atom is -0.491 e. The van der Waals surface area contributed by atoms with E-state index in [0.717, 1.165) is 37.1 Å². The van der Waals surface area contributed by atoms with E-state index in [1.54, 1.807) is 0 Å². The van der Waals surface area contributed by atoms with Crippen molar-refractivity contribution in [2.75, 3.05) is 16.6 Å². The highest BCUT2D eigenvalue weighted by atomic mass is 32.2. The number of hydrogen-bond acceptors (Lipinski definition) is 10. The summed E-state index contributed by atoms with van der Waals surface area (Å²) in [5, 5.41) is 28.7. The van der Waals surface area contributed by atoms with Gasteiger partial charge in [-0.05, 0) is 50.3 Å². The standard InChI is InChI=1S/C24H24N8OS2/c1-15-10-12-17(13-11-15)27-30-22-21(33)26-24(35-22)32-29-20-14-34-23(25-20)31-28-19-9-5-3-7-16-6-2-4-8-18(16)19/h2,4,6,8,10-13,27,30,33H,3,5,7,9,14H2,1H3/b28-19+,31-23-,32-29?. The Kier molecular flexibility index (Phi) is 7.15. The molecule has 0 atom stereocenters. The molecule has 0 fully saturated rings.